The minimum absolute atomic E-state index is 0.278. The molecule has 0 bridgehead atoms. The van der Waals surface area contributed by atoms with Crippen LogP contribution in [0.4, 0.5) is 0 Å². The standard InChI is InChI=1S/C16H12O4S/c17-13-14(18)16(12-9-5-2-6-10-12)21(19,20)15(13)11-7-3-1-4-8-11/h1-10,17-18H/p-1. The monoisotopic (exact) mass is 299 g/mol. The van der Waals surface area contributed by atoms with Crippen LogP contribution in [0.3, 0.4) is 0 Å². The lowest BCUT2D eigenvalue weighted by atomic mass is 10.1. The van der Waals surface area contributed by atoms with Gasteiger partial charge < -0.3 is 10.2 Å². The van der Waals surface area contributed by atoms with Crippen molar-refractivity contribution in [1.29, 1.82) is 0 Å². The number of aliphatic hydroxyl groups is 1. The van der Waals surface area contributed by atoms with E-state index >= 15 is 0 Å². The highest BCUT2D eigenvalue weighted by Gasteiger charge is 2.36. The Bertz CT molecular complexity index is 780. The molecule has 0 saturated carbocycles. The predicted octanol–water partition coefficient (Wildman–Crippen LogP) is 2.07. The van der Waals surface area contributed by atoms with Crippen LogP contribution < -0.4 is 5.11 Å². The van der Waals surface area contributed by atoms with E-state index < -0.39 is 21.4 Å². The number of sulfone groups is 1. The van der Waals surface area contributed by atoms with Crippen molar-refractivity contribution in [2.24, 2.45) is 0 Å². The molecule has 0 atom stereocenters. The number of hydrogen-bond donors (Lipinski definition) is 1. The van der Waals surface area contributed by atoms with Crippen molar-refractivity contribution in [3.05, 3.63) is 83.3 Å². The van der Waals surface area contributed by atoms with E-state index in [0.717, 1.165) is 0 Å². The summed E-state index contributed by atoms with van der Waals surface area (Å²) in [5, 5.41) is 22.2. The molecule has 21 heavy (non-hydrogen) atoms. The molecule has 4 nitrogen and oxygen atoms in total. The molecule has 0 amide bonds. The first-order valence-corrected chi connectivity index (χ1v) is 7.72. The Hall–Kier alpha value is -2.53. The van der Waals surface area contributed by atoms with Crippen molar-refractivity contribution in [2.75, 3.05) is 0 Å². The third kappa shape index (κ3) is 2.02. The molecule has 1 heterocycles. The highest BCUT2D eigenvalue weighted by atomic mass is 32.2. The maximum Gasteiger partial charge on any atom is 0.210 e. The molecule has 0 saturated heterocycles. The normalized spacial score (nSPS) is 17.3. The molecule has 1 aliphatic rings. The molecule has 0 fully saturated rings. The molecular weight excluding hydrogens is 288 g/mol. The number of aliphatic hydroxyl groups excluding tert-OH is 1. The minimum Gasteiger partial charge on any atom is -0.869 e. The summed E-state index contributed by atoms with van der Waals surface area (Å²) in [6.07, 6.45) is 0. The van der Waals surface area contributed by atoms with Crippen molar-refractivity contribution < 1.29 is 18.6 Å². The van der Waals surface area contributed by atoms with Crippen molar-refractivity contribution in [3.63, 3.8) is 0 Å². The Morgan fingerprint density at radius 1 is 0.762 bits per heavy atom. The predicted molar refractivity (Wildman–Crippen MR) is 78.3 cm³/mol. The summed E-state index contributed by atoms with van der Waals surface area (Å²) in [6.45, 7) is 0. The smallest absolute Gasteiger partial charge is 0.210 e. The maximum atomic E-state index is 12.6. The summed E-state index contributed by atoms with van der Waals surface area (Å²) in [7, 11) is -4.04. The van der Waals surface area contributed by atoms with E-state index in [2.05, 4.69) is 0 Å². The molecule has 0 unspecified atom stereocenters. The van der Waals surface area contributed by atoms with E-state index in [4.69, 9.17) is 0 Å². The van der Waals surface area contributed by atoms with E-state index in [-0.39, 0.29) is 15.4 Å². The second-order valence-corrected chi connectivity index (χ2v) is 6.39. The van der Waals surface area contributed by atoms with Gasteiger partial charge in [0.05, 0.1) is 4.91 Å². The first kappa shape index (κ1) is 13.5. The number of benzene rings is 2. The van der Waals surface area contributed by atoms with Gasteiger partial charge >= 0.3 is 0 Å². The zero-order valence-electron chi connectivity index (χ0n) is 10.9. The number of rotatable bonds is 2. The van der Waals surface area contributed by atoms with Gasteiger partial charge in [0.15, 0.2) is 0 Å². The minimum atomic E-state index is -4.04. The van der Waals surface area contributed by atoms with Gasteiger partial charge in [0, 0.05) is 0 Å². The largest absolute Gasteiger partial charge is 0.869 e. The van der Waals surface area contributed by atoms with Gasteiger partial charge in [0.2, 0.25) is 9.84 Å². The molecule has 0 radical (unpaired) electrons. The van der Waals surface area contributed by atoms with Crippen LogP contribution in [0.25, 0.3) is 9.81 Å². The van der Waals surface area contributed by atoms with E-state index in [1.165, 1.54) is 12.1 Å². The Morgan fingerprint density at radius 3 is 1.67 bits per heavy atom. The Balaban J connectivity index is 2.23. The topological polar surface area (TPSA) is 77.4 Å². The lowest BCUT2D eigenvalue weighted by Crippen LogP contribution is -2.08. The second kappa shape index (κ2) is 4.79. The average molecular weight is 299 g/mol. The quantitative estimate of drug-likeness (QED) is 0.921. The third-order valence-electron chi connectivity index (χ3n) is 3.25. The van der Waals surface area contributed by atoms with E-state index in [9.17, 15) is 18.6 Å². The first-order chi connectivity index (χ1) is 10.0. The summed E-state index contributed by atoms with van der Waals surface area (Å²) in [4.78, 5) is -0.702. The Labute approximate surface area is 122 Å². The zero-order valence-corrected chi connectivity index (χ0v) is 11.7. The summed E-state index contributed by atoms with van der Waals surface area (Å²) in [5.74, 6) is -1.58. The van der Waals surface area contributed by atoms with Crippen LogP contribution in [-0.4, -0.2) is 13.5 Å². The summed E-state index contributed by atoms with van der Waals surface area (Å²) < 4.78 is 25.3. The van der Waals surface area contributed by atoms with Crippen molar-refractivity contribution in [1.82, 2.24) is 0 Å². The molecule has 2 aromatic rings. The fraction of sp³-hybridized carbons (Fsp3) is 0. The lowest BCUT2D eigenvalue weighted by Gasteiger charge is -2.10. The number of hydrogen-bond acceptors (Lipinski definition) is 4. The van der Waals surface area contributed by atoms with Gasteiger partial charge in [-0.05, 0) is 16.9 Å². The van der Waals surface area contributed by atoms with E-state index in [1.807, 2.05) is 0 Å². The van der Waals surface area contributed by atoms with Crippen LogP contribution in [0.1, 0.15) is 11.1 Å². The van der Waals surface area contributed by atoms with Crippen molar-refractivity contribution >= 4 is 19.6 Å². The third-order valence-corrected chi connectivity index (χ3v) is 5.17. The van der Waals surface area contributed by atoms with Gasteiger partial charge in [-0.2, -0.15) is 0 Å². The Kier molecular flexibility index (Phi) is 3.07. The molecule has 2 aromatic carbocycles. The molecule has 0 spiro atoms. The van der Waals surface area contributed by atoms with Gasteiger partial charge in [0.25, 0.3) is 0 Å². The fourth-order valence-corrected chi connectivity index (χ4v) is 4.10. The molecule has 3 rings (SSSR count). The molecular formula is C16H11O4S-. The SMILES string of the molecule is O=S1(=O)C(c2ccccc2)=C([O-])C(O)=C1c1ccccc1. The van der Waals surface area contributed by atoms with Crippen molar-refractivity contribution in [2.45, 2.75) is 0 Å². The fourth-order valence-electron chi connectivity index (χ4n) is 2.32. The highest BCUT2D eigenvalue weighted by Crippen LogP contribution is 2.42. The zero-order chi connectivity index (χ0) is 15.0. The van der Waals surface area contributed by atoms with E-state index in [1.54, 1.807) is 48.5 Å². The van der Waals surface area contributed by atoms with Crippen LogP contribution in [0.2, 0.25) is 0 Å². The van der Waals surface area contributed by atoms with Crippen LogP contribution >= 0.6 is 0 Å². The van der Waals surface area contributed by atoms with Gasteiger partial charge in [0.1, 0.15) is 10.7 Å². The van der Waals surface area contributed by atoms with Crippen LogP contribution in [0.5, 0.6) is 0 Å². The molecule has 5 heteroatoms. The Morgan fingerprint density at radius 2 is 1.19 bits per heavy atom. The van der Waals surface area contributed by atoms with Crippen molar-refractivity contribution in [3.8, 4) is 0 Å². The van der Waals surface area contributed by atoms with E-state index in [0.29, 0.717) is 5.56 Å². The van der Waals surface area contributed by atoms with Gasteiger partial charge in [-0.1, -0.05) is 60.7 Å². The lowest BCUT2D eigenvalue weighted by molar-refractivity contribution is -0.299. The molecule has 0 aliphatic carbocycles. The van der Waals surface area contributed by atoms with Gasteiger partial charge in [-0.25, -0.2) is 8.42 Å². The van der Waals surface area contributed by atoms with Gasteiger partial charge in [-0.15, -0.1) is 0 Å². The summed E-state index contributed by atoms with van der Waals surface area (Å²) >= 11 is 0. The molecule has 1 aliphatic heterocycles. The molecule has 106 valence electrons. The first-order valence-electron chi connectivity index (χ1n) is 6.24. The highest BCUT2D eigenvalue weighted by molar-refractivity contribution is 8.09. The molecule has 0 aromatic heterocycles. The molecule has 1 N–H and O–H groups in total. The average Bonchev–Trinajstić information content (AvgIpc) is 2.66. The summed E-state index contributed by atoms with van der Waals surface area (Å²) in [5.41, 5.74) is 0.578. The van der Waals surface area contributed by atoms with Crippen LogP contribution in [0, 0.1) is 0 Å². The van der Waals surface area contributed by atoms with Crippen LogP contribution in [-0.2, 0) is 9.84 Å². The van der Waals surface area contributed by atoms with Crippen LogP contribution in [0.15, 0.2) is 72.2 Å². The summed E-state index contributed by atoms with van der Waals surface area (Å²) in [6, 6.07) is 16.2. The second-order valence-electron chi connectivity index (χ2n) is 4.57. The maximum absolute atomic E-state index is 12.6. The van der Waals surface area contributed by atoms with Gasteiger partial charge in [-0.3, -0.25) is 0 Å².